The molecule has 0 bridgehead atoms. The Hall–Kier alpha value is -2.68. The van der Waals surface area contributed by atoms with Gasteiger partial charge in [0.1, 0.15) is 18.0 Å². The Morgan fingerprint density at radius 1 is 1.26 bits per heavy atom. The summed E-state index contributed by atoms with van der Waals surface area (Å²) in [5, 5.41) is 3.18. The van der Waals surface area contributed by atoms with Crippen molar-refractivity contribution in [3.05, 3.63) is 47.5 Å². The highest BCUT2D eigenvalue weighted by Crippen LogP contribution is 2.35. The molecule has 7 nitrogen and oxygen atoms in total. The highest BCUT2D eigenvalue weighted by molar-refractivity contribution is 6.31. The van der Waals surface area contributed by atoms with Gasteiger partial charge in [0, 0.05) is 42.2 Å². The molecule has 0 saturated carbocycles. The smallest absolute Gasteiger partial charge is 0.162 e. The number of morpholine rings is 1. The lowest BCUT2D eigenvalue weighted by atomic mass is 10.2. The van der Waals surface area contributed by atoms with Crippen molar-refractivity contribution in [2.75, 3.05) is 51.6 Å². The predicted octanol–water partition coefficient (Wildman–Crippen LogP) is 4.28. The molecule has 1 aromatic heterocycles. The van der Waals surface area contributed by atoms with Crippen molar-refractivity contribution < 1.29 is 33.7 Å². The van der Waals surface area contributed by atoms with Crippen molar-refractivity contribution in [1.82, 2.24) is 14.9 Å². The van der Waals surface area contributed by atoms with Crippen LogP contribution >= 0.6 is 11.6 Å². The number of nitrogens with one attached hydrogen (secondary N) is 1. The third kappa shape index (κ3) is 5.33. The van der Waals surface area contributed by atoms with Crippen LogP contribution in [0.3, 0.4) is 0 Å². The molecule has 1 N–H and O–H groups in total. The molecule has 0 atom stereocenters. The number of fused-ring (bicyclic) bond motifs is 1. The van der Waals surface area contributed by atoms with Gasteiger partial charge in [-0.15, -0.1) is 0 Å². The molecule has 0 spiro atoms. The van der Waals surface area contributed by atoms with Gasteiger partial charge in [-0.25, -0.2) is 14.4 Å². The van der Waals surface area contributed by atoms with Crippen LogP contribution in [-0.4, -0.2) is 61.2 Å². The Morgan fingerprint density at radius 2 is 2.13 bits per heavy atom. The van der Waals surface area contributed by atoms with E-state index >= 15 is 0 Å². The van der Waals surface area contributed by atoms with Crippen LogP contribution in [0.15, 0.2) is 36.7 Å². The van der Waals surface area contributed by atoms with E-state index in [1.54, 1.807) is 0 Å². The number of benzene rings is 2. The molecule has 0 radical (unpaired) electrons. The maximum atomic E-state index is 13.6. The summed E-state index contributed by atoms with van der Waals surface area (Å²) in [6.45, 7) is -13.3. The van der Waals surface area contributed by atoms with Gasteiger partial charge in [0.25, 0.3) is 0 Å². The average Bonchev–Trinajstić information content (AvgIpc) is 2.84. The lowest BCUT2D eigenvalue weighted by molar-refractivity contribution is 0.0357. The van der Waals surface area contributed by atoms with E-state index in [0.29, 0.717) is 16.0 Å². The summed E-state index contributed by atoms with van der Waals surface area (Å²) in [7, 11) is -2.87. The molecule has 0 amide bonds. The zero-order valence-corrected chi connectivity index (χ0v) is 16.7. The van der Waals surface area contributed by atoms with E-state index in [2.05, 4.69) is 20.0 Å². The standard InChI is InChI=1S/C22H24ClFN4O3/c1-29-20-13-19-16(12-21(20)31-8-2-5-28-6-9-30-10-7-28)22(26-14-25-19)27-15-3-4-18(24)17(23)11-15/h3-4,11-14H,2,5-10H2,1H3,(H,25,26,27)/i1D3,6D2,7D2,9D2,10D2. The minimum Gasteiger partial charge on any atom is -0.493 e. The summed E-state index contributed by atoms with van der Waals surface area (Å²) in [5.41, 5.74) is 0.645. The van der Waals surface area contributed by atoms with Crippen LogP contribution in [0.25, 0.3) is 10.9 Å². The molecule has 0 unspecified atom stereocenters. The number of nitrogens with zero attached hydrogens (tertiary/aromatic N) is 3. The van der Waals surface area contributed by atoms with Gasteiger partial charge in [-0.1, -0.05) is 11.6 Å². The number of methoxy groups -OCH3 is 1. The van der Waals surface area contributed by atoms with Crippen LogP contribution in [-0.2, 0) is 4.74 Å². The molecule has 1 aliphatic heterocycles. The highest BCUT2D eigenvalue weighted by Gasteiger charge is 2.14. The summed E-state index contributed by atoms with van der Waals surface area (Å²) in [6, 6.07) is 6.59. The Bertz CT molecular complexity index is 1450. The SMILES string of the molecule is [2H]C([2H])([2H])Oc1cc2ncnc(Nc3ccc(F)c(Cl)c3)c2cc1OCCCN1C([2H])([2H])C([2H])([2H])OC([2H])([2H])C1([2H])[2H]. The van der Waals surface area contributed by atoms with Gasteiger partial charge in [0.2, 0.25) is 0 Å². The van der Waals surface area contributed by atoms with Crippen molar-refractivity contribution >= 4 is 34.0 Å². The lowest BCUT2D eigenvalue weighted by Crippen LogP contribution is -2.37. The first-order chi connectivity index (χ1) is 19.2. The molecule has 9 heteroatoms. The van der Waals surface area contributed by atoms with Crippen molar-refractivity contribution in [3.8, 4) is 11.5 Å². The molecule has 1 aliphatic rings. The summed E-state index contributed by atoms with van der Waals surface area (Å²) in [4.78, 5) is 8.70. The first-order valence-corrected chi connectivity index (χ1v) is 9.44. The van der Waals surface area contributed by atoms with E-state index in [0.717, 1.165) is 6.07 Å². The summed E-state index contributed by atoms with van der Waals surface area (Å²) >= 11 is 5.86. The van der Waals surface area contributed by atoms with Gasteiger partial charge in [-0.05, 0) is 30.7 Å². The summed E-state index contributed by atoms with van der Waals surface area (Å²) in [6.07, 6.45) is 1.05. The second-order valence-corrected chi connectivity index (χ2v) is 6.68. The Morgan fingerprint density at radius 3 is 2.94 bits per heavy atom. The second-order valence-electron chi connectivity index (χ2n) is 6.28. The second kappa shape index (κ2) is 10.1. The average molecular weight is 458 g/mol. The number of ether oxygens (including phenoxy) is 3. The van der Waals surface area contributed by atoms with Crippen LogP contribution in [0.1, 0.15) is 21.5 Å². The molecule has 2 aromatic carbocycles. The maximum absolute atomic E-state index is 13.6. The molecular weight excluding hydrogens is 423 g/mol. The maximum Gasteiger partial charge on any atom is 0.162 e. The van der Waals surface area contributed by atoms with E-state index < -0.39 is 45.5 Å². The van der Waals surface area contributed by atoms with Crippen molar-refractivity contribution in [1.29, 1.82) is 0 Å². The summed E-state index contributed by atoms with van der Waals surface area (Å²) in [5.74, 6) is -0.705. The monoisotopic (exact) mass is 457 g/mol. The third-order valence-electron chi connectivity index (χ3n) is 4.24. The number of hydrogen-bond acceptors (Lipinski definition) is 7. The number of hydrogen-bond donors (Lipinski definition) is 1. The molecular formula is C22H24ClFN4O3. The van der Waals surface area contributed by atoms with E-state index in [9.17, 15) is 4.39 Å². The van der Waals surface area contributed by atoms with E-state index in [4.69, 9.17) is 36.2 Å². The topological polar surface area (TPSA) is 68.7 Å². The van der Waals surface area contributed by atoms with Crippen LogP contribution < -0.4 is 14.8 Å². The van der Waals surface area contributed by atoms with Gasteiger partial charge < -0.3 is 19.5 Å². The molecule has 3 aromatic rings. The van der Waals surface area contributed by atoms with Crippen LogP contribution in [0, 0.1) is 5.82 Å². The van der Waals surface area contributed by atoms with E-state index in [-0.39, 0.29) is 40.9 Å². The minimum absolute atomic E-state index is 0.0905. The van der Waals surface area contributed by atoms with Crippen LogP contribution in [0.2, 0.25) is 5.02 Å². The predicted molar refractivity (Wildman–Crippen MR) is 118 cm³/mol. The van der Waals surface area contributed by atoms with Gasteiger partial charge in [0.05, 0.1) is 46.9 Å². The molecule has 1 saturated heterocycles. The fourth-order valence-electron chi connectivity index (χ4n) is 2.79. The fourth-order valence-corrected chi connectivity index (χ4v) is 2.97. The first kappa shape index (κ1) is 11.8. The van der Waals surface area contributed by atoms with Crippen molar-refractivity contribution in [2.24, 2.45) is 0 Å². The zero-order valence-electron chi connectivity index (χ0n) is 26.9. The molecule has 2 heterocycles. The van der Waals surface area contributed by atoms with E-state index in [1.807, 2.05) is 0 Å². The number of aromatic nitrogens is 2. The largest absolute Gasteiger partial charge is 0.493 e. The molecule has 0 aliphatic carbocycles. The molecule has 1 fully saturated rings. The van der Waals surface area contributed by atoms with Gasteiger partial charge in [-0.2, -0.15) is 0 Å². The Labute approximate surface area is 200 Å². The van der Waals surface area contributed by atoms with Crippen LogP contribution in [0.5, 0.6) is 11.5 Å². The van der Waals surface area contributed by atoms with E-state index in [1.165, 1.54) is 30.6 Å². The van der Waals surface area contributed by atoms with Crippen molar-refractivity contribution in [3.63, 3.8) is 0 Å². The highest BCUT2D eigenvalue weighted by atomic mass is 35.5. The number of anilines is 2. The normalized spacial score (nSPS) is 26.7. The number of rotatable bonds is 8. The summed E-state index contributed by atoms with van der Waals surface area (Å²) < 4.78 is 115. The van der Waals surface area contributed by atoms with Gasteiger partial charge >= 0.3 is 0 Å². The van der Waals surface area contributed by atoms with Crippen LogP contribution in [0.4, 0.5) is 15.9 Å². The first-order valence-electron chi connectivity index (χ1n) is 14.6. The van der Waals surface area contributed by atoms with Crippen molar-refractivity contribution in [2.45, 2.75) is 6.42 Å². The third-order valence-corrected chi connectivity index (χ3v) is 4.53. The Kier molecular flexibility index (Phi) is 3.84. The number of halogens is 2. The molecule has 164 valence electrons. The minimum atomic E-state index is -3.18. The lowest BCUT2D eigenvalue weighted by Gasteiger charge is -2.26. The molecule has 4 rings (SSSR count). The fraction of sp³-hybridized carbons (Fsp3) is 0.364. The molecule has 31 heavy (non-hydrogen) atoms. The van der Waals surface area contributed by atoms with Gasteiger partial charge in [-0.3, -0.25) is 4.90 Å². The quantitative estimate of drug-likeness (QED) is 0.506. The van der Waals surface area contributed by atoms with Gasteiger partial charge in [0.15, 0.2) is 11.5 Å². The Balaban J connectivity index is 1.60. The zero-order chi connectivity index (χ0) is 31.3.